The predicted molar refractivity (Wildman–Crippen MR) is 111 cm³/mol. The van der Waals surface area contributed by atoms with Crippen LogP contribution in [0, 0.1) is 13.8 Å². The summed E-state index contributed by atoms with van der Waals surface area (Å²) >= 11 is 0. The summed E-state index contributed by atoms with van der Waals surface area (Å²) in [4.78, 5) is 17.2. The third-order valence-electron chi connectivity index (χ3n) is 4.75. The maximum atomic E-state index is 13.1. The number of carbonyl (C=O) groups is 1. The summed E-state index contributed by atoms with van der Waals surface area (Å²) in [5.74, 6) is 0.183. The summed E-state index contributed by atoms with van der Waals surface area (Å²) in [7, 11) is 0. The lowest BCUT2D eigenvalue weighted by Crippen LogP contribution is -2.08. The number of aromatic nitrogens is 3. The summed E-state index contributed by atoms with van der Waals surface area (Å²) < 4.78 is 1.62. The van der Waals surface area contributed by atoms with Crippen LogP contribution >= 0.6 is 0 Å². The van der Waals surface area contributed by atoms with E-state index in [1.54, 1.807) is 23.1 Å². The molecule has 2 N–H and O–H groups in total. The van der Waals surface area contributed by atoms with E-state index < -0.39 is 0 Å². The molecule has 0 radical (unpaired) electrons. The highest BCUT2D eigenvalue weighted by Gasteiger charge is 2.19. The summed E-state index contributed by atoms with van der Waals surface area (Å²) in [6.45, 7) is 4.04. The third kappa shape index (κ3) is 3.18. The van der Waals surface area contributed by atoms with Gasteiger partial charge in [-0.15, -0.1) is 0 Å². The first-order valence-electron chi connectivity index (χ1n) is 9.01. The zero-order valence-electron chi connectivity index (χ0n) is 15.8. The van der Waals surface area contributed by atoms with Gasteiger partial charge in [-0.3, -0.25) is 9.78 Å². The number of anilines is 1. The lowest BCUT2D eigenvalue weighted by Gasteiger charge is -2.09. The Kier molecular flexibility index (Phi) is 4.49. The van der Waals surface area contributed by atoms with Gasteiger partial charge >= 0.3 is 0 Å². The molecule has 138 valence electrons. The van der Waals surface area contributed by atoms with Crippen molar-refractivity contribution in [3.8, 4) is 16.8 Å². The molecule has 0 bridgehead atoms. The van der Waals surface area contributed by atoms with E-state index in [-0.39, 0.29) is 5.78 Å². The largest absolute Gasteiger partial charge is 0.383 e. The Morgan fingerprint density at radius 1 is 0.964 bits per heavy atom. The first-order valence-corrected chi connectivity index (χ1v) is 9.01. The first kappa shape index (κ1) is 17.7. The molecule has 4 rings (SSSR count). The predicted octanol–water partition coefficient (Wildman–Crippen LogP) is 4.36. The van der Waals surface area contributed by atoms with Gasteiger partial charge in [-0.1, -0.05) is 42.0 Å². The molecule has 5 heteroatoms. The van der Waals surface area contributed by atoms with Crippen molar-refractivity contribution in [3.05, 3.63) is 95.4 Å². The molecular formula is C23H20N4O. The standard InChI is InChI=1S/C23H20N4O/c1-15-8-9-21(16(2)11-15)27-23(24)20(14-26-27)22(28)18-6-3-5-17(12-18)19-7-4-10-25-13-19/h3-14H,24H2,1-2H3. The van der Waals surface area contributed by atoms with Crippen molar-refractivity contribution < 1.29 is 4.79 Å². The van der Waals surface area contributed by atoms with Crippen molar-refractivity contribution in [1.29, 1.82) is 0 Å². The molecule has 4 aromatic rings. The highest BCUT2D eigenvalue weighted by atomic mass is 16.1. The zero-order chi connectivity index (χ0) is 19.7. The van der Waals surface area contributed by atoms with Crippen molar-refractivity contribution in [2.75, 3.05) is 5.73 Å². The average Bonchev–Trinajstić information content (AvgIpc) is 3.09. The van der Waals surface area contributed by atoms with Crippen LogP contribution in [-0.4, -0.2) is 20.5 Å². The zero-order valence-corrected chi connectivity index (χ0v) is 15.8. The van der Waals surface area contributed by atoms with Crippen LogP contribution in [0.15, 0.2) is 73.2 Å². The lowest BCUT2D eigenvalue weighted by atomic mass is 10.00. The van der Waals surface area contributed by atoms with Gasteiger partial charge in [0, 0.05) is 23.5 Å². The van der Waals surface area contributed by atoms with Gasteiger partial charge in [-0.05, 0) is 43.2 Å². The third-order valence-corrected chi connectivity index (χ3v) is 4.75. The monoisotopic (exact) mass is 368 g/mol. The SMILES string of the molecule is Cc1ccc(-n2ncc(C(=O)c3cccc(-c4cccnc4)c3)c2N)c(C)c1. The minimum atomic E-state index is -0.153. The normalized spacial score (nSPS) is 10.8. The fraction of sp³-hybridized carbons (Fsp3) is 0.0870. The lowest BCUT2D eigenvalue weighted by molar-refractivity contribution is 0.103. The molecular weight excluding hydrogens is 348 g/mol. The Morgan fingerprint density at radius 3 is 2.54 bits per heavy atom. The van der Waals surface area contributed by atoms with Crippen LogP contribution in [0.4, 0.5) is 5.82 Å². The number of rotatable bonds is 4. The Labute approximate surface area is 163 Å². The number of benzene rings is 2. The number of nitrogen functional groups attached to an aromatic ring is 1. The summed E-state index contributed by atoms with van der Waals surface area (Å²) in [5.41, 5.74) is 12.2. The van der Waals surface area contributed by atoms with E-state index in [1.807, 2.05) is 56.3 Å². The van der Waals surface area contributed by atoms with E-state index in [9.17, 15) is 4.79 Å². The van der Waals surface area contributed by atoms with Gasteiger partial charge in [0.2, 0.25) is 0 Å². The minimum absolute atomic E-state index is 0.153. The second-order valence-corrected chi connectivity index (χ2v) is 6.80. The van der Waals surface area contributed by atoms with Gasteiger partial charge < -0.3 is 5.73 Å². The van der Waals surface area contributed by atoms with Gasteiger partial charge in [-0.2, -0.15) is 5.10 Å². The molecule has 5 nitrogen and oxygen atoms in total. The quantitative estimate of drug-likeness (QED) is 0.543. The summed E-state index contributed by atoms with van der Waals surface area (Å²) in [5, 5.41) is 4.36. The number of aryl methyl sites for hydroxylation is 2. The maximum Gasteiger partial charge on any atom is 0.198 e. The van der Waals surface area contributed by atoms with Crippen LogP contribution in [0.5, 0.6) is 0 Å². The van der Waals surface area contributed by atoms with E-state index in [0.29, 0.717) is 16.9 Å². The number of hydrogen-bond acceptors (Lipinski definition) is 4. The van der Waals surface area contributed by atoms with E-state index in [2.05, 4.69) is 16.1 Å². The topological polar surface area (TPSA) is 73.8 Å². The number of hydrogen-bond donors (Lipinski definition) is 1. The maximum absolute atomic E-state index is 13.1. The Morgan fingerprint density at radius 2 is 1.79 bits per heavy atom. The highest BCUT2D eigenvalue weighted by molar-refractivity contribution is 6.12. The molecule has 0 atom stereocenters. The van der Waals surface area contributed by atoms with Crippen molar-refractivity contribution >= 4 is 11.6 Å². The molecule has 0 aliphatic carbocycles. The Balaban J connectivity index is 1.71. The molecule has 0 spiro atoms. The number of pyridine rings is 1. The number of nitrogens with two attached hydrogens (primary N) is 1. The molecule has 0 unspecified atom stereocenters. The van der Waals surface area contributed by atoms with E-state index in [4.69, 9.17) is 5.73 Å². The number of ketones is 1. The van der Waals surface area contributed by atoms with Gasteiger partial charge in [0.05, 0.1) is 17.4 Å². The van der Waals surface area contributed by atoms with Gasteiger partial charge in [0.1, 0.15) is 5.82 Å². The summed E-state index contributed by atoms with van der Waals surface area (Å²) in [6.07, 6.45) is 5.03. The van der Waals surface area contributed by atoms with Gasteiger partial charge in [-0.25, -0.2) is 4.68 Å². The number of nitrogens with zero attached hydrogens (tertiary/aromatic N) is 3. The first-order chi connectivity index (χ1) is 13.5. The molecule has 0 saturated carbocycles. The van der Waals surface area contributed by atoms with Crippen molar-refractivity contribution in [1.82, 2.24) is 14.8 Å². The molecule has 0 saturated heterocycles. The molecule has 0 aliphatic heterocycles. The Bertz CT molecular complexity index is 1160. The van der Waals surface area contributed by atoms with E-state index in [1.165, 1.54) is 6.20 Å². The molecule has 2 heterocycles. The average molecular weight is 368 g/mol. The van der Waals surface area contributed by atoms with Crippen molar-refractivity contribution in [2.24, 2.45) is 0 Å². The highest BCUT2D eigenvalue weighted by Crippen LogP contribution is 2.25. The molecule has 0 aliphatic rings. The molecule has 0 amide bonds. The van der Waals surface area contributed by atoms with Crippen LogP contribution in [0.2, 0.25) is 0 Å². The molecule has 2 aromatic carbocycles. The fourth-order valence-electron chi connectivity index (χ4n) is 3.30. The molecule has 2 aromatic heterocycles. The van der Waals surface area contributed by atoms with Crippen LogP contribution in [0.3, 0.4) is 0 Å². The van der Waals surface area contributed by atoms with Crippen molar-refractivity contribution in [3.63, 3.8) is 0 Å². The second-order valence-electron chi connectivity index (χ2n) is 6.80. The second kappa shape index (κ2) is 7.12. The fourth-order valence-corrected chi connectivity index (χ4v) is 3.30. The van der Waals surface area contributed by atoms with Crippen LogP contribution in [-0.2, 0) is 0 Å². The minimum Gasteiger partial charge on any atom is -0.383 e. The smallest absolute Gasteiger partial charge is 0.198 e. The van der Waals surface area contributed by atoms with Crippen LogP contribution < -0.4 is 5.73 Å². The van der Waals surface area contributed by atoms with Crippen LogP contribution in [0.1, 0.15) is 27.0 Å². The van der Waals surface area contributed by atoms with Gasteiger partial charge in [0.25, 0.3) is 0 Å². The van der Waals surface area contributed by atoms with E-state index in [0.717, 1.165) is 27.9 Å². The van der Waals surface area contributed by atoms with Crippen molar-refractivity contribution in [2.45, 2.75) is 13.8 Å². The Hall–Kier alpha value is -3.73. The summed E-state index contributed by atoms with van der Waals surface area (Å²) in [6, 6.07) is 17.3. The molecule has 28 heavy (non-hydrogen) atoms. The number of carbonyl (C=O) groups excluding carboxylic acids is 1. The molecule has 0 fully saturated rings. The van der Waals surface area contributed by atoms with E-state index >= 15 is 0 Å². The van der Waals surface area contributed by atoms with Crippen LogP contribution in [0.25, 0.3) is 16.8 Å². The van der Waals surface area contributed by atoms with Gasteiger partial charge in [0.15, 0.2) is 5.78 Å².